The molecule has 4 aromatic rings. The number of hydrogen-bond acceptors (Lipinski definition) is 4. The number of carbonyl (C=O) groups excluding carboxylic acids is 1. The van der Waals surface area contributed by atoms with Gasteiger partial charge in [0, 0.05) is 42.3 Å². The summed E-state index contributed by atoms with van der Waals surface area (Å²) in [4.78, 5) is 30.7. The summed E-state index contributed by atoms with van der Waals surface area (Å²) >= 11 is 6.00. The molecule has 0 unspecified atom stereocenters. The first kappa shape index (κ1) is 20.3. The number of para-hydroxylation sites is 1. The van der Waals surface area contributed by atoms with Crippen molar-refractivity contribution in [3.8, 4) is 5.69 Å². The maximum atomic E-state index is 13.5. The first-order valence-corrected chi connectivity index (χ1v) is 10.9. The van der Waals surface area contributed by atoms with Crippen LogP contribution in [0, 0.1) is 0 Å². The third kappa shape index (κ3) is 3.74. The smallest absolute Gasteiger partial charge is 0.279 e. The van der Waals surface area contributed by atoms with Crippen molar-refractivity contribution in [3.05, 3.63) is 99.9 Å². The molecule has 1 saturated heterocycles. The van der Waals surface area contributed by atoms with Gasteiger partial charge in [0.2, 0.25) is 0 Å². The molecule has 2 heterocycles. The molecule has 1 fully saturated rings. The van der Waals surface area contributed by atoms with Gasteiger partial charge in [0.1, 0.15) is 0 Å². The van der Waals surface area contributed by atoms with Gasteiger partial charge in [0.25, 0.3) is 11.5 Å². The maximum Gasteiger partial charge on any atom is 0.279 e. The van der Waals surface area contributed by atoms with Crippen molar-refractivity contribution >= 4 is 34.0 Å². The fourth-order valence-electron chi connectivity index (χ4n) is 4.06. The van der Waals surface area contributed by atoms with Gasteiger partial charge in [0.15, 0.2) is 5.69 Å². The molecule has 0 spiro atoms. The van der Waals surface area contributed by atoms with Gasteiger partial charge in [-0.3, -0.25) is 9.59 Å². The van der Waals surface area contributed by atoms with Crippen LogP contribution in [0.3, 0.4) is 0 Å². The molecule has 3 aromatic carbocycles. The summed E-state index contributed by atoms with van der Waals surface area (Å²) < 4.78 is 1.28. The van der Waals surface area contributed by atoms with E-state index in [0.717, 1.165) is 18.8 Å². The van der Waals surface area contributed by atoms with Crippen molar-refractivity contribution in [1.29, 1.82) is 0 Å². The molecule has 5 rings (SSSR count). The summed E-state index contributed by atoms with van der Waals surface area (Å²) in [6, 6.07) is 24.2. The largest absolute Gasteiger partial charge is 0.368 e. The molecule has 0 bridgehead atoms. The fourth-order valence-corrected chi connectivity index (χ4v) is 4.19. The Bertz CT molecular complexity index is 1330. The number of benzene rings is 3. The fraction of sp³-hybridized carbons (Fsp3) is 0.160. The molecule has 32 heavy (non-hydrogen) atoms. The molecule has 160 valence electrons. The summed E-state index contributed by atoms with van der Waals surface area (Å²) in [5.74, 6) is -0.170. The molecule has 7 heteroatoms. The molecule has 6 nitrogen and oxygen atoms in total. The van der Waals surface area contributed by atoms with Crippen LogP contribution in [0.15, 0.2) is 83.7 Å². The molecule has 1 aliphatic heterocycles. The van der Waals surface area contributed by atoms with Gasteiger partial charge >= 0.3 is 0 Å². The lowest BCUT2D eigenvalue weighted by atomic mass is 10.1. The molecule has 1 aliphatic rings. The Morgan fingerprint density at radius 3 is 2.06 bits per heavy atom. The number of halogens is 1. The third-order valence-electron chi connectivity index (χ3n) is 5.77. The highest BCUT2D eigenvalue weighted by atomic mass is 35.5. The Balaban J connectivity index is 1.49. The van der Waals surface area contributed by atoms with E-state index in [1.165, 1.54) is 4.68 Å². The van der Waals surface area contributed by atoms with Crippen molar-refractivity contribution in [2.75, 3.05) is 31.1 Å². The standard InChI is InChI=1S/C25H21ClN4O2/c26-18-10-12-20(13-11-18)30-24(31)22-9-5-4-8-21(22)23(27-30)25(32)29-16-14-28(15-17-29)19-6-2-1-3-7-19/h1-13H,14-17H2. The highest BCUT2D eigenvalue weighted by molar-refractivity contribution is 6.30. The Labute approximate surface area is 190 Å². The number of anilines is 1. The normalized spacial score (nSPS) is 14.0. The average molecular weight is 445 g/mol. The van der Waals surface area contributed by atoms with Gasteiger partial charge < -0.3 is 9.80 Å². The van der Waals surface area contributed by atoms with Crippen LogP contribution in [0.5, 0.6) is 0 Å². The summed E-state index contributed by atoms with van der Waals surface area (Å²) in [5, 5.41) is 6.10. The topological polar surface area (TPSA) is 58.4 Å². The number of fused-ring (bicyclic) bond motifs is 1. The lowest BCUT2D eigenvalue weighted by molar-refractivity contribution is 0.0741. The second kappa shape index (κ2) is 8.48. The van der Waals surface area contributed by atoms with Crippen LogP contribution in [-0.2, 0) is 0 Å². The average Bonchev–Trinajstić information content (AvgIpc) is 2.85. The summed E-state index contributed by atoms with van der Waals surface area (Å²) in [6.45, 7) is 2.66. The summed E-state index contributed by atoms with van der Waals surface area (Å²) in [7, 11) is 0. The van der Waals surface area contributed by atoms with Gasteiger partial charge in [-0.05, 0) is 42.5 Å². The molecule has 1 aromatic heterocycles. The summed E-state index contributed by atoms with van der Waals surface area (Å²) in [5.41, 5.74) is 1.73. The van der Waals surface area contributed by atoms with Crippen molar-refractivity contribution in [2.24, 2.45) is 0 Å². The second-order valence-electron chi connectivity index (χ2n) is 7.70. The van der Waals surface area contributed by atoms with Crippen LogP contribution in [0.2, 0.25) is 5.02 Å². The van der Waals surface area contributed by atoms with E-state index in [2.05, 4.69) is 22.1 Å². The second-order valence-corrected chi connectivity index (χ2v) is 8.14. The van der Waals surface area contributed by atoms with Gasteiger partial charge in [-0.25, -0.2) is 0 Å². The zero-order chi connectivity index (χ0) is 22.1. The summed E-state index contributed by atoms with van der Waals surface area (Å²) in [6.07, 6.45) is 0. The maximum absolute atomic E-state index is 13.5. The van der Waals surface area contributed by atoms with Crippen molar-refractivity contribution in [1.82, 2.24) is 14.7 Å². The molecular weight excluding hydrogens is 424 g/mol. The number of aromatic nitrogens is 2. The minimum absolute atomic E-state index is 0.170. The number of hydrogen-bond donors (Lipinski definition) is 0. The van der Waals surface area contributed by atoms with E-state index < -0.39 is 0 Å². The predicted molar refractivity (Wildman–Crippen MR) is 127 cm³/mol. The predicted octanol–water partition coefficient (Wildman–Crippen LogP) is 4.00. The highest BCUT2D eigenvalue weighted by Crippen LogP contribution is 2.20. The first-order chi connectivity index (χ1) is 15.6. The number of rotatable bonds is 3. The van der Waals surface area contributed by atoms with E-state index in [1.54, 1.807) is 42.5 Å². The highest BCUT2D eigenvalue weighted by Gasteiger charge is 2.26. The minimum Gasteiger partial charge on any atom is -0.368 e. The quantitative estimate of drug-likeness (QED) is 0.479. The van der Waals surface area contributed by atoms with Crippen LogP contribution >= 0.6 is 11.6 Å². The first-order valence-electron chi connectivity index (χ1n) is 10.5. The van der Waals surface area contributed by atoms with Gasteiger partial charge in [0.05, 0.1) is 11.1 Å². The van der Waals surface area contributed by atoms with Crippen molar-refractivity contribution < 1.29 is 4.79 Å². The Morgan fingerprint density at radius 1 is 0.750 bits per heavy atom. The molecule has 0 aliphatic carbocycles. The number of carbonyl (C=O) groups is 1. The van der Waals surface area contributed by atoms with Gasteiger partial charge in [-0.2, -0.15) is 9.78 Å². The molecule has 0 saturated carbocycles. The Morgan fingerprint density at radius 2 is 1.38 bits per heavy atom. The molecule has 0 radical (unpaired) electrons. The number of piperazine rings is 1. The molecule has 0 atom stereocenters. The molecule has 1 amide bonds. The van der Waals surface area contributed by atoms with E-state index in [9.17, 15) is 9.59 Å². The monoisotopic (exact) mass is 444 g/mol. The van der Waals surface area contributed by atoms with Crippen LogP contribution in [-0.4, -0.2) is 46.8 Å². The minimum atomic E-state index is -0.270. The van der Waals surface area contributed by atoms with Gasteiger partial charge in [-0.1, -0.05) is 48.0 Å². The van der Waals surface area contributed by atoms with Crippen LogP contribution < -0.4 is 10.5 Å². The third-order valence-corrected chi connectivity index (χ3v) is 6.02. The molecule has 0 N–H and O–H groups in total. The Kier molecular flexibility index (Phi) is 5.37. The number of amides is 1. The van der Waals surface area contributed by atoms with E-state index in [0.29, 0.717) is 34.6 Å². The zero-order valence-electron chi connectivity index (χ0n) is 17.3. The van der Waals surface area contributed by atoms with E-state index in [4.69, 9.17) is 11.6 Å². The van der Waals surface area contributed by atoms with E-state index in [-0.39, 0.29) is 17.2 Å². The molecular formula is C25H21ClN4O2. The lowest BCUT2D eigenvalue weighted by Crippen LogP contribution is -2.49. The lowest BCUT2D eigenvalue weighted by Gasteiger charge is -2.36. The van der Waals surface area contributed by atoms with Crippen LogP contribution in [0.4, 0.5) is 5.69 Å². The van der Waals surface area contributed by atoms with Crippen molar-refractivity contribution in [3.63, 3.8) is 0 Å². The van der Waals surface area contributed by atoms with Crippen molar-refractivity contribution in [2.45, 2.75) is 0 Å². The van der Waals surface area contributed by atoms with Crippen LogP contribution in [0.1, 0.15) is 10.5 Å². The SMILES string of the molecule is O=C(c1nn(-c2ccc(Cl)cc2)c(=O)c2ccccc12)N1CCN(c2ccccc2)CC1. The zero-order valence-corrected chi connectivity index (χ0v) is 18.1. The van der Waals surface area contributed by atoms with E-state index in [1.807, 2.05) is 29.2 Å². The van der Waals surface area contributed by atoms with Gasteiger partial charge in [-0.15, -0.1) is 0 Å². The van der Waals surface area contributed by atoms with E-state index >= 15 is 0 Å². The number of nitrogens with zero attached hydrogens (tertiary/aromatic N) is 4. The van der Waals surface area contributed by atoms with Crippen LogP contribution in [0.25, 0.3) is 16.5 Å². The Hall–Kier alpha value is -3.64.